The molecule has 1 saturated heterocycles. The minimum absolute atomic E-state index is 0.0240. The van der Waals surface area contributed by atoms with Gasteiger partial charge in [0, 0.05) is 26.7 Å². The molecule has 0 aliphatic carbocycles. The van der Waals surface area contributed by atoms with Crippen molar-refractivity contribution >= 4 is 35.6 Å². The second-order valence-corrected chi connectivity index (χ2v) is 5.25. The SMILES string of the molecule is CC(=O)N(OC(=O)c1ccc(C(=O)ON2C(=O)CCC2=O)cc1)C(C)=O. The monoisotopic (exact) mass is 362 g/mol. The summed E-state index contributed by atoms with van der Waals surface area (Å²) in [5, 5.41) is 0.706. The summed E-state index contributed by atoms with van der Waals surface area (Å²) in [6.45, 7) is 2.10. The Hall–Kier alpha value is -3.56. The van der Waals surface area contributed by atoms with E-state index >= 15 is 0 Å². The van der Waals surface area contributed by atoms with Crippen LogP contribution < -0.4 is 0 Å². The van der Waals surface area contributed by atoms with Crippen LogP contribution in [0, 0.1) is 0 Å². The fraction of sp³-hybridized carbons (Fsp3) is 0.250. The summed E-state index contributed by atoms with van der Waals surface area (Å²) in [5.74, 6) is -4.71. The molecule has 1 aliphatic rings. The van der Waals surface area contributed by atoms with Gasteiger partial charge in [0.25, 0.3) is 23.6 Å². The lowest BCUT2D eigenvalue weighted by Gasteiger charge is -2.15. The third-order valence-corrected chi connectivity index (χ3v) is 3.28. The highest BCUT2D eigenvalue weighted by atomic mass is 16.7. The Balaban J connectivity index is 2.05. The standard InChI is InChI=1S/C16H14N2O8/c1-9(19)17(10(2)20)25-15(23)11-3-5-12(6-4-11)16(24)26-18-13(21)7-8-14(18)22/h3-6H,7-8H2,1-2H3. The van der Waals surface area contributed by atoms with Crippen LogP contribution in [0.25, 0.3) is 0 Å². The lowest BCUT2D eigenvalue weighted by atomic mass is 10.1. The van der Waals surface area contributed by atoms with E-state index < -0.39 is 35.6 Å². The first-order valence-corrected chi connectivity index (χ1v) is 7.42. The Kier molecular flexibility index (Phi) is 5.45. The molecule has 1 aliphatic heterocycles. The predicted octanol–water partition coefficient (Wildman–Crippen LogP) is 0.374. The van der Waals surface area contributed by atoms with Crippen molar-refractivity contribution < 1.29 is 38.4 Å². The zero-order chi connectivity index (χ0) is 19.4. The van der Waals surface area contributed by atoms with Crippen molar-refractivity contribution in [3.05, 3.63) is 35.4 Å². The fourth-order valence-electron chi connectivity index (χ4n) is 2.02. The quantitative estimate of drug-likeness (QED) is 0.557. The van der Waals surface area contributed by atoms with Crippen molar-refractivity contribution in [2.75, 3.05) is 0 Å². The lowest BCUT2D eigenvalue weighted by Crippen LogP contribution is -2.35. The molecule has 1 aromatic carbocycles. The number of nitrogens with zero attached hydrogens (tertiary/aromatic N) is 2. The predicted molar refractivity (Wildman–Crippen MR) is 81.6 cm³/mol. The summed E-state index contributed by atoms with van der Waals surface area (Å²) < 4.78 is 0. The van der Waals surface area contributed by atoms with Crippen molar-refractivity contribution in [1.29, 1.82) is 0 Å². The van der Waals surface area contributed by atoms with Gasteiger partial charge in [0.1, 0.15) is 0 Å². The van der Waals surface area contributed by atoms with Gasteiger partial charge in [-0.05, 0) is 24.3 Å². The molecule has 4 amide bonds. The van der Waals surface area contributed by atoms with Crippen molar-refractivity contribution in [3.63, 3.8) is 0 Å². The number of carbonyl (C=O) groups is 6. The van der Waals surface area contributed by atoms with E-state index in [-0.39, 0.29) is 24.0 Å². The van der Waals surface area contributed by atoms with E-state index in [0.29, 0.717) is 10.1 Å². The molecule has 1 heterocycles. The first kappa shape index (κ1) is 18.8. The highest BCUT2D eigenvalue weighted by Gasteiger charge is 2.33. The molecule has 0 N–H and O–H groups in total. The van der Waals surface area contributed by atoms with E-state index in [9.17, 15) is 28.8 Å². The van der Waals surface area contributed by atoms with Gasteiger partial charge in [-0.2, -0.15) is 0 Å². The van der Waals surface area contributed by atoms with E-state index in [1.807, 2.05) is 0 Å². The van der Waals surface area contributed by atoms with Gasteiger partial charge in [-0.3, -0.25) is 19.2 Å². The smallest absolute Gasteiger partial charge is 0.325 e. The third kappa shape index (κ3) is 4.09. The highest BCUT2D eigenvalue weighted by molar-refractivity contribution is 6.03. The largest absolute Gasteiger partial charge is 0.363 e. The number of rotatable bonds is 3. The van der Waals surface area contributed by atoms with Crippen molar-refractivity contribution in [2.24, 2.45) is 0 Å². The van der Waals surface area contributed by atoms with Crippen LogP contribution in [0.1, 0.15) is 47.4 Å². The van der Waals surface area contributed by atoms with Crippen LogP contribution in [0.4, 0.5) is 0 Å². The first-order chi connectivity index (χ1) is 12.2. The second-order valence-electron chi connectivity index (χ2n) is 5.25. The van der Waals surface area contributed by atoms with Crippen LogP contribution in [0.5, 0.6) is 0 Å². The summed E-state index contributed by atoms with van der Waals surface area (Å²) in [6.07, 6.45) is -0.0562. The second kappa shape index (κ2) is 7.55. The molecule has 26 heavy (non-hydrogen) atoms. The molecular weight excluding hydrogens is 348 g/mol. The molecule has 136 valence electrons. The molecule has 10 nitrogen and oxygen atoms in total. The van der Waals surface area contributed by atoms with Crippen molar-refractivity contribution in [3.8, 4) is 0 Å². The molecule has 1 aromatic rings. The molecule has 0 bridgehead atoms. The average molecular weight is 362 g/mol. The molecule has 0 aromatic heterocycles. The normalized spacial score (nSPS) is 13.4. The van der Waals surface area contributed by atoms with Gasteiger partial charge >= 0.3 is 11.9 Å². The molecule has 0 saturated carbocycles. The molecule has 0 radical (unpaired) electrons. The number of hydrogen-bond acceptors (Lipinski definition) is 8. The minimum Gasteiger partial charge on any atom is -0.325 e. The van der Waals surface area contributed by atoms with Crippen LogP contribution in [0.2, 0.25) is 0 Å². The Morgan fingerprint density at radius 2 is 1.27 bits per heavy atom. The highest BCUT2D eigenvalue weighted by Crippen LogP contribution is 2.15. The zero-order valence-corrected chi connectivity index (χ0v) is 13.9. The van der Waals surface area contributed by atoms with Gasteiger partial charge in [0.2, 0.25) is 0 Å². The number of hydroxylamine groups is 4. The van der Waals surface area contributed by atoms with Crippen molar-refractivity contribution in [2.45, 2.75) is 26.7 Å². The van der Waals surface area contributed by atoms with Crippen LogP contribution in [0.3, 0.4) is 0 Å². The van der Waals surface area contributed by atoms with E-state index in [2.05, 4.69) is 4.84 Å². The maximum absolute atomic E-state index is 11.9. The fourth-order valence-corrected chi connectivity index (χ4v) is 2.02. The van der Waals surface area contributed by atoms with Gasteiger partial charge < -0.3 is 9.68 Å². The number of benzene rings is 1. The number of hydrogen-bond donors (Lipinski definition) is 0. The lowest BCUT2D eigenvalue weighted by molar-refractivity contribution is -0.177. The van der Waals surface area contributed by atoms with E-state index in [4.69, 9.17) is 4.84 Å². The maximum atomic E-state index is 11.9. The Labute approximate surface area is 147 Å². The Morgan fingerprint density at radius 3 is 1.69 bits per heavy atom. The van der Waals surface area contributed by atoms with E-state index in [1.54, 1.807) is 0 Å². The molecule has 0 unspecified atom stereocenters. The van der Waals surface area contributed by atoms with Crippen LogP contribution in [-0.4, -0.2) is 45.7 Å². The number of amides is 4. The molecule has 2 rings (SSSR count). The number of imide groups is 2. The molecule has 0 spiro atoms. The van der Waals surface area contributed by atoms with Gasteiger partial charge in [0.15, 0.2) is 0 Å². The maximum Gasteiger partial charge on any atom is 0.363 e. The van der Waals surface area contributed by atoms with Crippen LogP contribution >= 0.6 is 0 Å². The summed E-state index contributed by atoms with van der Waals surface area (Å²) in [4.78, 5) is 78.6. The van der Waals surface area contributed by atoms with Crippen LogP contribution in [-0.2, 0) is 28.9 Å². The summed E-state index contributed by atoms with van der Waals surface area (Å²) >= 11 is 0. The topological polar surface area (TPSA) is 127 Å². The minimum atomic E-state index is -0.986. The Bertz CT molecular complexity index is 734. The third-order valence-electron chi connectivity index (χ3n) is 3.28. The van der Waals surface area contributed by atoms with Crippen molar-refractivity contribution in [1.82, 2.24) is 10.1 Å². The first-order valence-electron chi connectivity index (χ1n) is 7.42. The van der Waals surface area contributed by atoms with E-state index in [0.717, 1.165) is 13.8 Å². The Morgan fingerprint density at radius 1 is 0.846 bits per heavy atom. The molecular formula is C16H14N2O8. The van der Waals surface area contributed by atoms with E-state index in [1.165, 1.54) is 24.3 Å². The van der Waals surface area contributed by atoms with Gasteiger partial charge in [-0.15, -0.1) is 10.1 Å². The molecule has 0 atom stereocenters. The van der Waals surface area contributed by atoms with Crippen LogP contribution in [0.15, 0.2) is 24.3 Å². The summed E-state index contributed by atoms with van der Waals surface area (Å²) in [6, 6.07) is 4.81. The van der Waals surface area contributed by atoms with Gasteiger partial charge in [-0.1, -0.05) is 0 Å². The number of carbonyl (C=O) groups excluding carboxylic acids is 6. The van der Waals surface area contributed by atoms with Gasteiger partial charge in [0.05, 0.1) is 11.1 Å². The summed E-state index contributed by atoms with van der Waals surface area (Å²) in [5.41, 5.74) is -0.0635. The zero-order valence-electron chi connectivity index (χ0n) is 13.9. The summed E-state index contributed by atoms with van der Waals surface area (Å²) in [7, 11) is 0. The van der Waals surface area contributed by atoms with Gasteiger partial charge in [-0.25, -0.2) is 9.59 Å². The average Bonchev–Trinajstić information content (AvgIpc) is 2.90. The molecule has 10 heteroatoms. The molecule has 1 fully saturated rings.